The number of rotatable bonds is 7. The zero-order valence-electron chi connectivity index (χ0n) is 11.2. The van der Waals surface area contributed by atoms with E-state index in [0.29, 0.717) is 5.82 Å². The molecular formula is C13H22N4O. The van der Waals surface area contributed by atoms with Crippen LogP contribution in [0.3, 0.4) is 0 Å². The molecule has 0 saturated heterocycles. The van der Waals surface area contributed by atoms with Gasteiger partial charge in [0.1, 0.15) is 0 Å². The first kappa shape index (κ1) is 14.4. The first-order chi connectivity index (χ1) is 8.77. The maximum absolute atomic E-state index is 12.1. The van der Waals surface area contributed by atoms with Gasteiger partial charge in [-0.05, 0) is 12.8 Å². The van der Waals surface area contributed by atoms with Crippen molar-refractivity contribution in [1.82, 2.24) is 14.9 Å². The van der Waals surface area contributed by atoms with Gasteiger partial charge >= 0.3 is 6.03 Å². The summed E-state index contributed by atoms with van der Waals surface area (Å²) in [5, 5.41) is 2.77. The van der Waals surface area contributed by atoms with Crippen molar-refractivity contribution in [3.05, 3.63) is 18.6 Å². The number of carbonyl (C=O) groups is 1. The fraction of sp³-hybridized carbons (Fsp3) is 0.615. The minimum Gasteiger partial charge on any atom is -0.325 e. The summed E-state index contributed by atoms with van der Waals surface area (Å²) in [5.74, 6) is 0.500. The molecule has 2 amide bonds. The molecule has 100 valence electrons. The first-order valence-corrected chi connectivity index (χ1v) is 6.59. The third-order valence-electron chi connectivity index (χ3n) is 2.65. The Balaban J connectivity index is 2.52. The molecule has 0 saturated carbocycles. The van der Waals surface area contributed by atoms with Gasteiger partial charge in [0.25, 0.3) is 0 Å². The Hall–Kier alpha value is -1.65. The quantitative estimate of drug-likeness (QED) is 0.809. The maximum atomic E-state index is 12.1. The van der Waals surface area contributed by atoms with Crippen molar-refractivity contribution in [2.24, 2.45) is 0 Å². The predicted octanol–water partition coefficient (Wildman–Crippen LogP) is 2.91. The average molecular weight is 250 g/mol. The number of anilines is 1. The highest BCUT2D eigenvalue weighted by molar-refractivity contribution is 5.88. The van der Waals surface area contributed by atoms with Crippen molar-refractivity contribution in [3.8, 4) is 0 Å². The summed E-state index contributed by atoms with van der Waals surface area (Å²) < 4.78 is 0. The van der Waals surface area contributed by atoms with Gasteiger partial charge in [0, 0.05) is 25.5 Å². The zero-order valence-corrected chi connectivity index (χ0v) is 11.2. The molecule has 0 spiro atoms. The van der Waals surface area contributed by atoms with Gasteiger partial charge in [0.2, 0.25) is 0 Å². The summed E-state index contributed by atoms with van der Waals surface area (Å²) in [7, 11) is 0. The fourth-order valence-electron chi connectivity index (χ4n) is 1.57. The number of urea groups is 1. The lowest BCUT2D eigenvalue weighted by Crippen LogP contribution is -2.36. The lowest BCUT2D eigenvalue weighted by molar-refractivity contribution is 0.209. The topological polar surface area (TPSA) is 58.1 Å². The Labute approximate surface area is 109 Å². The summed E-state index contributed by atoms with van der Waals surface area (Å²) >= 11 is 0. The van der Waals surface area contributed by atoms with Gasteiger partial charge in [-0.15, -0.1) is 0 Å². The van der Waals surface area contributed by atoms with E-state index >= 15 is 0 Å². The third-order valence-corrected chi connectivity index (χ3v) is 2.65. The number of hydrogen-bond acceptors (Lipinski definition) is 3. The van der Waals surface area contributed by atoms with E-state index < -0.39 is 0 Å². The second kappa shape index (κ2) is 8.44. The molecular weight excluding hydrogens is 228 g/mol. The molecule has 18 heavy (non-hydrogen) atoms. The minimum atomic E-state index is -0.0857. The molecule has 1 rings (SSSR count). The van der Waals surface area contributed by atoms with Crippen LogP contribution in [0.2, 0.25) is 0 Å². The van der Waals surface area contributed by atoms with Crippen LogP contribution in [0, 0.1) is 0 Å². The van der Waals surface area contributed by atoms with Crippen LogP contribution in [0.5, 0.6) is 0 Å². The van der Waals surface area contributed by atoms with Gasteiger partial charge in [-0.25, -0.2) is 9.78 Å². The number of amides is 2. The SMILES string of the molecule is CCCCN(CCCC)C(=O)Nc1cnccn1. The molecule has 5 nitrogen and oxygen atoms in total. The molecule has 1 heterocycles. The van der Waals surface area contributed by atoms with Crippen LogP contribution in [0.4, 0.5) is 10.6 Å². The molecule has 0 radical (unpaired) electrons. The van der Waals surface area contributed by atoms with Crippen LogP contribution in [0.15, 0.2) is 18.6 Å². The van der Waals surface area contributed by atoms with Crippen LogP contribution >= 0.6 is 0 Å². The van der Waals surface area contributed by atoms with E-state index in [0.717, 1.165) is 38.8 Å². The third kappa shape index (κ3) is 5.12. The van der Waals surface area contributed by atoms with Gasteiger partial charge < -0.3 is 4.90 Å². The van der Waals surface area contributed by atoms with Crippen molar-refractivity contribution < 1.29 is 4.79 Å². The highest BCUT2D eigenvalue weighted by atomic mass is 16.2. The molecule has 1 aromatic heterocycles. The number of carbonyl (C=O) groups excluding carboxylic acids is 1. The van der Waals surface area contributed by atoms with Gasteiger partial charge in [-0.1, -0.05) is 26.7 Å². The van der Waals surface area contributed by atoms with E-state index in [-0.39, 0.29) is 6.03 Å². The number of nitrogens with zero attached hydrogens (tertiary/aromatic N) is 3. The lowest BCUT2D eigenvalue weighted by atomic mass is 10.3. The van der Waals surface area contributed by atoms with Crippen molar-refractivity contribution in [2.75, 3.05) is 18.4 Å². The maximum Gasteiger partial charge on any atom is 0.323 e. The van der Waals surface area contributed by atoms with E-state index in [1.165, 1.54) is 0 Å². The Morgan fingerprint density at radius 1 is 1.22 bits per heavy atom. The summed E-state index contributed by atoms with van der Waals surface area (Å²) in [4.78, 5) is 21.9. The Morgan fingerprint density at radius 2 is 1.89 bits per heavy atom. The molecule has 0 atom stereocenters. The van der Waals surface area contributed by atoms with Gasteiger partial charge in [0.05, 0.1) is 6.20 Å². The molecule has 0 bridgehead atoms. The van der Waals surface area contributed by atoms with Crippen molar-refractivity contribution in [1.29, 1.82) is 0 Å². The van der Waals surface area contributed by atoms with Crippen LogP contribution in [-0.2, 0) is 0 Å². The number of unbranched alkanes of at least 4 members (excludes halogenated alkanes) is 2. The van der Waals surface area contributed by atoms with Crippen LogP contribution in [0.25, 0.3) is 0 Å². The van der Waals surface area contributed by atoms with E-state index in [9.17, 15) is 4.79 Å². The van der Waals surface area contributed by atoms with Crippen molar-refractivity contribution in [2.45, 2.75) is 39.5 Å². The lowest BCUT2D eigenvalue weighted by Gasteiger charge is -2.22. The number of aromatic nitrogens is 2. The second-order valence-electron chi connectivity index (χ2n) is 4.21. The normalized spacial score (nSPS) is 10.1. The monoisotopic (exact) mass is 250 g/mol. The van der Waals surface area contributed by atoms with Gasteiger partial charge in [-0.2, -0.15) is 0 Å². The van der Waals surface area contributed by atoms with Gasteiger partial charge in [0.15, 0.2) is 5.82 Å². The van der Waals surface area contributed by atoms with Crippen LogP contribution in [-0.4, -0.2) is 34.0 Å². The number of nitrogens with one attached hydrogen (secondary N) is 1. The second-order valence-corrected chi connectivity index (χ2v) is 4.21. The summed E-state index contributed by atoms with van der Waals surface area (Å²) in [6.45, 7) is 5.84. The average Bonchev–Trinajstić information content (AvgIpc) is 2.40. The van der Waals surface area contributed by atoms with Crippen LogP contribution in [0.1, 0.15) is 39.5 Å². The summed E-state index contributed by atoms with van der Waals surface area (Å²) in [6.07, 6.45) is 8.92. The summed E-state index contributed by atoms with van der Waals surface area (Å²) in [5.41, 5.74) is 0. The molecule has 0 aromatic carbocycles. The molecule has 0 aliphatic carbocycles. The highest BCUT2D eigenvalue weighted by Gasteiger charge is 2.12. The van der Waals surface area contributed by atoms with Crippen molar-refractivity contribution >= 4 is 11.8 Å². The summed E-state index contributed by atoms with van der Waals surface area (Å²) in [6, 6.07) is -0.0857. The molecule has 0 fully saturated rings. The first-order valence-electron chi connectivity index (χ1n) is 6.59. The smallest absolute Gasteiger partial charge is 0.323 e. The van der Waals surface area contributed by atoms with Gasteiger partial charge in [-0.3, -0.25) is 10.3 Å². The zero-order chi connectivity index (χ0) is 13.2. The van der Waals surface area contributed by atoms with E-state index in [1.54, 1.807) is 18.6 Å². The van der Waals surface area contributed by atoms with E-state index in [1.807, 2.05) is 4.90 Å². The Morgan fingerprint density at radius 3 is 2.39 bits per heavy atom. The minimum absolute atomic E-state index is 0.0857. The number of hydrogen-bond donors (Lipinski definition) is 1. The van der Waals surface area contributed by atoms with Crippen LogP contribution < -0.4 is 5.32 Å². The molecule has 1 aromatic rings. The predicted molar refractivity (Wildman–Crippen MR) is 72.4 cm³/mol. The largest absolute Gasteiger partial charge is 0.325 e. The van der Waals surface area contributed by atoms with Crippen molar-refractivity contribution in [3.63, 3.8) is 0 Å². The molecule has 0 aliphatic heterocycles. The molecule has 5 heteroatoms. The molecule has 0 aliphatic rings. The standard InChI is InChI=1S/C13H22N4O/c1-3-5-9-17(10-6-4-2)13(18)16-12-11-14-7-8-15-12/h7-8,11H,3-6,9-10H2,1-2H3,(H,15,16,18). The fourth-order valence-corrected chi connectivity index (χ4v) is 1.57. The highest BCUT2D eigenvalue weighted by Crippen LogP contribution is 2.04. The Kier molecular flexibility index (Phi) is 6.76. The van der Waals surface area contributed by atoms with E-state index in [2.05, 4.69) is 29.1 Å². The molecule has 0 unspecified atom stereocenters. The molecule has 1 N–H and O–H groups in total. The Bertz CT molecular complexity index is 334. The van der Waals surface area contributed by atoms with E-state index in [4.69, 9.17) is 0 Å².